The Bertz CT molecular complexity index is 848. The van der Waals surface area contributed by atoms with Crippen molar-refractivity contribution in [2.75, 3.05) is 26.0 Å². The standard InChI is InChI=1S/C24H29NO5/c1-27-15-28-21-14-23-22(29-16-30-23)13-20(21)25-24(26)19(18-10-6-3-7-11-18)12-17-8-4-2-5-9-17/h2,4-5,8-9,13-14,18-19H,3,6-7,10-12,15-16H2,1H3,(H,25,26). The Labute approximate surface area is 177 Å². The maximum Gasteiger partial charge on any atom is 0.231 e. The van der Waals surface area contributed by atoms with E-state index in [4.69, 9.17) is 18.9 Å². The summed E-state index contributed by atoms with van der Waals surface area (Å²) in [6, 6.07) is 13.8. The molecule has 1 fully saturated rings. The van der Waals surface area contributed by atoms with Gasteiger partial charge in [-0.15, -0.1) is 0 Å². The molecule has 1 saturated carbocycles. The molecule has 0 spiro atoms. The fraction of sp³-hybridized carbons (Fsp3) is 0.458. The molecule has 160 valence electrons. The Morgan fingerprint density at radius 1 is 1.10 bits per heavy atom. The molecule has 0 saturated heterocycles. The molecule has 1 unspecified atom stereocenters. The molecule has 0 aromatic heterocycles. The molecular formula is C24H29NO5. The first-order valence-corrected chi connectivity index (χ1v) is 10.6. The second kappa shape index (κ2) is 9.85. The van der Waals surface area contributed by atoms with Gasteiger partial charge in [0.05, 0.1) is 5.69 Å². The van der Waals surface area contributed by atoms with Gasteiger partial charge in [0.2, 0.25) is 12.7 Å². The van der Waals surface area contributed by atoms with Crippen molar-refractivity contribution in [3.05, 3.63) is 48.0 Å². The van der Waals surface area contributed by atoms with Gasteiger partial charge in [0.1, 0.15) is 5.75 Å². The molecule has 2 aromatic rings. The lowest BCUT2D eigenvalue weighted by Crippen LogP contribution is -2.32. The van der Waals surface area contributed by atoms with Crippen LogP contribution in [0.5, 0.6) is 17.2 Å². The number of nitrogens with one attached hydrogen (secondary N) is 1. The topological polar surface area (TPSA) is 66.0 Å². The van der Waals surface area contributed by atoms with Crippen molar-refractivity contribution in [1.29, 1.82) is 0 Å². The van der Waals surface area contributed by atoms with Crippen LogP contribution in [0, 0.1) is 11.8 Å². The third-order valence-electron chi connectivity index (χ3n) is 5.92. The van der Waals surface area contributed by atoms with Gasteiger partial charge in [-0.05, 0) is 30.7 Å². The molecule has 4 rings (SSSR count). The zero-order valence-electron chi connectivity index (χ0n) is 17.4. The van der Waals surface area contributed by atoms with Gasteiger partial charge in [-0.1, -0.05) is 49.6 Å². The number of methoxy groups -OCH3 is 1. The molecule has 0 bridgehead atoms. The molecule has 1 aliphatic carbocycles. The van der Waals surface area contributed by atoms with Crippen LogP contribution in [0.2, 0.25) is 0 Å². The Morgan fingerprint density at radius 3 is 2.57 bits per heavy atom. The summed E-state index contributed by atoms with van der Waals surface area (Å²) in [6.45, 7) is 0.244. The van der Waals surface area contributed by atoms with E-state index in [9.17, 15) is 4.79 Å². The SMILES string of the molecule is COCOc1cc2c(cc1NC(=O)C(Cc1ccccc1)C1CCCCC1)OCO2. The van der Waals surface area contributed by atoms with Gasteiger partial charge in [-0.3, -0.25) is 4.79 Å². The van der Waals surface area contributed by atoms with Crippen LogP contribution in [-0.4, -0.2) is 26.6 Å². The quantitative estimate of drug-likeness (QED) is 0.634. The molecule has 1 amide bonds. The number of anilines is 1. The predicted molar refractivity (Wildman–Crippen MR) is 114 cm³/mol. The van der Waals surface area contributed by atoms with E-state index in [2.05, 4.69) is 17.4 Å². The minimum atomic E-state index is -0.0894. The minimum absolute atomic E-state index is 0.0203. The third-order valence-corrected chi connectivity index (χ3v) is 5.92. The van der Waals surface area contributed by atoms with E-state index < -0.39 is 0 Å². The summed E-state index contributed by atoms with van der Waals surface area (Å²) in [5, 5.41) is 3.11. The highest BCUT2D eigenvalue weighted by atomic mass is 16.7. The van der Waals surface area contributed by atoms with E-state index in [1.54, 1.807) is 19.2 Å². The largest absolute Gasteiger partial charge is 0.465 e. The van der Waals surface area contributed by atoms with Crippen molar-refractivity contribution in [3.8, 4) is 17.2 Å². The maximum absolute atomic E-state index is 13.5. The smallest absolute Gasteiger partial charge is 0.231 e. The lowest BCUT2D eigenvalue weighted by molar-refractivity contribution is -0.121. The number of rotatable bonds is 8. The first-order valence-electron chi connectivity index (χ1n) is 10.6. The van der Waals surface area contributed by atoms with Crippen LogP contribution in [-0.2, 0) is 16.0 Å². The number of carbonyl (C=O) groups is 1. The normalized spacial score (nSPS) is 16.8. The summed E-state index contributed by atoms with van der Waals surface area (Å²) in [6.07, 6.45) is 6.56. The number of ether oxygens (including phenoxy) is 4. The zero-order valence-corrected chi connectivity index (χ0v) is 17.4. The van der Waals surface area contributed by atoms with Crippen LogP contribution in [0.15, 0.2) is 42.5 Å². The number of hydrogen-bond acceptors (Lipinski definition) is 5. The summed E-state index contributed by atoms with van der Waals surface area (Å²) >= 11 is 0. The summed E-state index contributed by atoms with van der Waals surface area (Å²) in [5.41, 5.74) is 1.76. The van der Waals surface area contributed by atoms with Crippen molar-refractivity contribution < 1.29 is 23.7 Å². The molecular weight excluding hydrogens is 382 g/mol. The van der Waals surface area contributed by atoms with Crippen molar-refractivity contribution in [3.63, 3.8) is 0 Å². The van der Waals surface area contributed by atoms with E-state index in [0.29, 0.717) is 28.9 Å². The van der Waals surface area contributed by atoms with E-state index >= 15 is 0 Å². The number of fused-ring (bicyclic) bond motifs is 1. The number of amides is 1. The van der Waals surface area contributed by atoms with Crippen LogP contribution in [0.1, 0.15) is 37.7 Å². The van der Waals surface area contributed by atoms with Crippen LogP contribution in [0.4, 0.5) is 5.69 Å². The highest BCUT2D eigenvalue weighted by Crippen LogP contribution is 2.41. The molecule has 1 atom stereocenters. The van der Waals surface area contributed by atoms with E-state index in [0.717, 1.165) is 19.3 Å². The van der Waals surface area contributed by atoms with Gasteiger partial charge < -0.3 is 24.3 Å². The lowest BCUT2D eigenvalue weighted by Gasteiger charge is -2.30. The Morgan fingerprint density at radius 2 is 1.83 bits per heavy atom. The fourth-order valence-electron chi connectivity index (χ4n) is 4.37. The van der Waals surface area contributed by atoms with Crippen molar-refractivity contribution in [2.24, 2.45) is 11.8 Å². The number of carbonyl (C=O) groups excluding carboxylic acids is 1. The van der Waals surface area contributed by atoms with Crippen LogP contribution in [0.3, 0.4) is 0 Å². The molecule has 30 heavy (non-hydrogen) atoms. The molecule has 1 aliphatic heterocycles. The molecule has 1 N–H and O–H groups in total. The highest BCUT2D eigenvalue weighted by molar-refractivity contribution is 5.95. The van der Waals surface area contributed by atoms with Gasteiger partial charge in [0, 0.05) is 25.2 Å². The third kappa shape index (κ3) is 4.87. The molecule has 1 heterocycles. The van der Waals surface area contributed by atoms with Gasteiger partial charge in [-0.2, -0.15) is 0 Å². The molecule has 2 aliphatic rings. The van der Waals surface area contributed by atoms with E-state index in [1.807, 2.05) is 18.2 Å². The van der Waals surface area contributed by atoms with Crippen LogP contribution < -0.4 is 19.5 Å². The van der Waals surface area contributed by atoms with Crippen molar-refractivity contribution in [2.45, 2.75) is 38.5 Å². The number of benzene rings is 2. The van der Waals surface area contributed by atoms with Crippen LogP contribution >= 0.6 is 0 Å². The Balaban J connectivity index is 1.57. The molecule has 2 aromatic carbocycles. The Kier molecular flexibility index (Phi) is 6.74. The lowest BCUT2D eigenvalue weighted by atomic mass is 9.77. The summed E-state index contributed by atoms with van der Waals surface area (Å²) in [7, 11) is 1.56. The van der Waals surface area contributed by atoms with Gasteiger partial charge >= 0.3 is 0 Å². The molecule has 6 heteroatoms. The Hall–Kier alpha value is -2.73. The zero-order chi connectivity index (χ0) is 20.8. The van der Waals surface area contributed by atoms with Crippen molar-refractivity contribution in [1.82, 2.24) is 0 Å². The first-order chi connectivity index (χ1) is 14.7. The average molecular weight is 411 g/mol. The second-order valence-corrected chi connectivity index (χ2v) is 7.94. The second-order valence-electron chi connectivity index (χ2n) is 7.94. The molecule has 0 radical (unpaired) electrons. The first kappa shape index (κ1) is 20.5. The average Bonchev–Trinajstić information content (AvgIpc) is 3.24. The molecule has 6 nitrogen and oxygen atoms in total. The monoisotopic (exact) mass is 411 g/mol. The van der Waals surface area contributed by atoms with Crippen molar-refractivity contribution >= 4 is 11.6 Å². The number of hydrogen-bond donors (Lipinski definition) is 1. The summed E-state index contributed by atoms with van der Waals surface area (Å²) < 4.78 is 21.7. The summed E-state index contributed by atoms with van der Waals surface area (Å²) in [5.74, 6) is 2.03. The van der Waals surface area contributed by atoms with E-state index in [-0.39, 0.29) is 25.4 Å². The van der Waals surface area contributed by atoms with Gasteiger partial charge in [-0.25, -0.2) is 0 Å². The highest BCUT2D eigenvalue weighted by Gasteiger charge is 2.31. The van der Waals surface area contributed by atoms with Gasteiger partial charge in [0.25, 0.3) is 0 Å². The predicted octanol–water partition coefficient (Wildman–Crippen LogP) is 4.78. The summed E-state index contributed by atoms with van der Waals surface area (Å²) in [4.78, 5) is 13.5. The van der Waals surface area contributed by atoms with Gasteiger partial charge in [0.15, 0.2) is 18.3 Å². The van der Waals surface area contributed by atoms with E-state index in [1.165, 1.54) is 24.8 Å². The minimum Gasteiger partial charge on any atom is -0.465 e. The van der Waals surface area contributed by atoms with Crippen LogP contribution in [0.25, 0.3) is 0 Å². The maximum atomic E-state index is 13.5. The fourth-order valence-corrected chi connectivity index (χ4v) is 4.37.